The van der Waals surface area contributed by atoms with Gasteiger partial charge in [-0.1, -0.05) is 92.7 Å². The second kappa shape index (κ2) is 11.5. The number of carbonyl (C=O) groups is 2. The molecule has 0 radical (unpaired) electrons. The Kier molecular flexibility index (Phi) is 7.93. The minimum absolute atomic E-state index is 0.0772. The molecule has 0 saturated carbocycles. The van der Waals surface area contributed by atoms with Crippen molar-refractivity contribution in [3.63, 3.8) is 0 Å². The number of fused-ring (bicyclic) bond motifs is 3. The lowest BCUT2D eigenvalue weighted by atomic mass is 9.98. The van der Waals surface area contributed by atoms with Crippen LogP contribution in [0.1, 0.15) is 36.5 Å². The van der Waals surface area contributed by atoms with Crippen LogP contribution in [0.3, 0.4) is 0 Å². The van der Waals surface area contributed by atoms with E-state index in [0.717, 1.165) is 27.8 Å². The Hall–Kier alpha value is -4.22. The lowest BCUT2D eigenvalue weighted by Gasteiger charge is -2.24. The summed E-state index contributed by atoms with van der Waals surface area (Å²) >= 11 is 0. The predicted octanol–water partition coefficient (Wildman–Crippen LogP) is 4.57. The molecule has 2 N–H and O–H groups in total. The summed E-state index contributed by atoms with van der Waals surface area (Å²) < 4.78 is 5.60. The van der Waals surface area contributed by atoms with Gasteiger partial charge in [-0.05, 0) is 33.7 Å². The van der Waals surface area contributed by atoms with E-state index in [2.05, 4.69) is 27.8 Å². The maximum absolute atomic E-state index is 13.0. The van der Waals surface area contributed by atoms with Crippen molar-refractivity contribution in [3.05, 3.63) is 95.6 Å². The van der Waals surface area contributed by atoms with Crippen molar-refractivity contribution in [2.24, 2.45) is 10.9 Å². The van der Waals surface area contributed by atoms with Crippen molar-refractivity contribution >= 4 is 18.1 Å². The SMILES string of the molecule is CC(C)[C@H](NC(=O)OCC1c2ccccc2-c2ccccc21)C(=O)N[C@@H](Cc1ccccc1)N=C=O. The molecule has 0 heterocycles. The molecular formula is C29H29N3O4. The average molecular weight is 484 g/mol. The van der Waals surface area contributed by atoms with Gasteiger partial charge in [0.05, 0.1) is 0 Å². The molecule has 0 unspecified atom stereocenters. The van der Waals surface area contributed by atoms with Crippen LogP contribution in [0.4, 0.5) is 4.79 Å². The van der Waals surface area contributed by atoms with Crippen LogP contribution in [-0.2, 0) is 20.7 Å². The Bertz CT molecular complexity index is 1220. The van der Waals surface area contributed by atoms with Gasteiger partial charge in [-0.25, -0.2) is 9.59 Å². The van der Waals surface area contributed by atoms with Gasteiger partial charge in [0.2, 0.25) is 12.0 Å². The molecule has 36 heavy (non-hydrogen) atoms. The molecule has 1 aliphatic carbocycles. The highest BCUT2D eigenvalue weighted by Gasteiger charge is 2.31. The molecule has 2 atom stereocenters. The average Bonchev–Trinajstić information content (AvgIpc) is 3.20. The highest BCUT2D eigenvalue weighted by Crippen LogP contribution is 2.44. The van der Waals surface area contributed by atoms with Crippen LogP contribution in [0.25, 0.3) is 11.1 Å². The fourth-order valence-corrected chi connectivity index (χ4v) is 4.59. The monoisotopic (exact) mass is 483 g/mol. The van der Waals surface area contributed by atoms with Crippen LogP contribution in [0.5, 0.6) is 0 Å². The summed E-state index contributed by atoms with van der Waals surface area (Å²) in [4.78, 5) is 40.4. The number of nitrogens with zero attached hydrogens (tertiary/aromatic N) is 1. The largest absolute Gasteiger partial charge is 0.449 e. The second-order valence-corrected chi connectivity index (χ2v) is 9.13. The molecule has 184 valence electrons. The van der Waals surface area contributed by atoms with E-state index in [4.69, 9.17) is 4.74 Å². The van der Waals surface area contributed by atoms with Gasteiger partial charge in [-0.3, -0.25) is 4.79 Å². The van der Waals surface area contributed by atoms with Crippen molar-refractivity contribution in [2.45, 2.75) is 38.4 Å². The predicted molar refractivity (Wildman–Crippen MR) is 137 cm³/mol. The molecule has 7 heteroatoms. The lowest BCUT2D eigenvalue weighted by Crippen LogP contribution is -2.52. The maximum Gasteiger partial charge on any atom is 0.407 e. The smallest absolute Gasteiger partial charge is 0.407 e. The van der Waals surface area contributed by atoms with E-state index in [0.29, 0.717) is 6.42 Å². The number of benzene rings is 3. The van der Waals surface area contributed by atoms with E-state index in [9.17, 15) is 14.4 Å². The zero-order valence-electron chi connectivity index (χ0n) is 20.3. The van der Waals surface area contributed by atoms with Crippen molar-refractivity contribution in [1.29, 1.82) is 0 Å². The van der Waals surface area contributed by atoms with Gasteiger partial charge in [0.25, 0.3) is 0 Å². The lowest BCUT2D eigenvalue weighted by molar-refractivity contribution is -0.124. The molecule has 3 aromatic carbocycles. The standard InChI is InChI=1S/C29H29N3O4/c1-19(2)27(28(34)31-26(30-18-33)16-20-10-4-3-5-11-20)32-29(35)36-17-25-23-14-8-6-12-21(23)22-13-7-9-15-24(22)25/h3-15,19,25-27H,16-17H2,1-2H3,(H,31,34)(H,32,35)/t26-,27-/m0/s1. The molecule has 0 spiro atoms. The molecule has 0 bridgehead atoms. The van der Waals surface area contributed by atoms with Crippen LogP contribution >= 0.6 is 0 Å². The summed E-state index contributed by atoms with van der Waals surface area (Å²) in [5, 5.41) is 5.42. The van der Waals surface area contributed by atoms with E-state index < -0.39 is 24.2 Å². The first-order chi connectivity index (χ1) is 17.5. The summed E-state index contributed by atoms with van der Waals surface area (Å²) in [5.74, 6) is -0.742. The Balaban J connectivity index is 1.39. The Morgan fingerprint density at radius 1 is 0.889 bits per heavy atom. The normalized spacial score (nSPS) is 13.6. The molecule has 4 rings (SSSR count). The summed E-state index contributed by atoms with van der Waals surface area (Å²) in [6.45, 7) is 3.80. The quantitative estimate of drug-likeness (QED) is 0.344. The molecule has 0 aliphatic heterocycles. The number of nitrogens with one attached hydrogen (secondary N) is 2. The first-order valence-corrected chi connectivity index (χ1v) is 12.0. The van der Waals surface area contributed by atoms with E-state index in [1.807, 2.05) is 80.6 Å². The number of amides is 2. The summed E-state index contributed by atoms with van der Waals surface area (Å²) in [5.41, 5.74) is 5.41. The topological polar surface area (TPSA) is 96.9 Å². The van der Waals surface area contributed by atoms with E-state index >= 15 is 0 Å². The summed E-state index contributed by atoms with van der Waals surface area (Å²) in [6, 6.07) is 24.7. The summed E-state index contributed by atoms with van der Waals surface area (Å²) in [7, 11) is 0. The molecule has 7 nitrogen and oxygen atoms in total. The molecule has 0 saturated heterocycles. The van der Waals surface area contributed by atoms with Crippen molar-refractivity contribution in [2.75, 3.05) is 6.61 Å². The van der Waals surface area contributed by atoms with Gasteiger partial charge >= 0.3 is 6.09 Å². The third-order valence-corrected chi connectivity index (χ3v) is 6.36. The van der Waals surface area contributed by atoms with E-state index in [1.165, 1.54) is 6.08 Å². The van der Waals surface area contributed by atoms with Crippen LogP contribution in [0, 0.1) is 5.92 Å². The van der Waals surface area contributed by atoms with Crippen LogP contribution in [0.2, 0.25) is 0 Å². The van der Waals surface area contributed by atoms with E-state index in [1.54, 1.807) is 0 Å². The number of carbonyl (C=O) groups excluding carboxylic acids is 3. The first kappa shape index (κ1) is 24.9. The first-order valence-electron chi connectivity index (χ1n) is 12.0. The van der Waals surface area contributed by atoms with Crippen LogP contribution in [0.15, 0.2) is 83.9 Å². The fourth-order valence-electron chi connectivity index (χ4n) is 4.59. The van der Waals surface area contributed by atoms with Crippen LogP contribution < -0.4 is 10.6 Å². The molecule has 2 amide bonds. The highest BCUT2D eigenvalue weighted by atomic mass is 16.5. The Labute approximate surface area is 210 Å². The minimum atomic E-state index is -0.860. The highest BCUT2D eigenvalue weighted by molar-refractivity contribution is 5.86. The Morgan fingerprint density at radius 3 is 2.06 bits per heavy atom. The van der Waals surface area contributed by atoms with Gasteiger partial charge in [0, 0.05) is 12.3 Å². The number of hydrogen-bond acceptors (Lipinski definition) is 5. The van der Waals surface area contributed by atoms with Crippen LogP contribution in [-0.4, -0.2) is 36.9 Å². The number of isocyanates is 1. The number of alkyl carbamates (subject to hydrolysis) is 1. The Morgan fingerprint density at radius 2 is 1.47 bits per heavy atom. The fraction of sp³-hybridized carbons (Fsp3) is 0.276. The van der Waals surface area contributed by atoms with Crippen molar-refractivity contribution in [3.8, 4) is 11.1 Å². The molecular weight excluding hydrogens is 454 g/mol. The molecule has 3 aromatic rings. The molecule has 1 aliphatic rings. The van der Waals surface area contributed by atoms with Gasteiger partial charge in [-0.2, -0.15) is 4.99 Å². The van der Waals surface area contributed by atoms with Gasteiger partial charge in [0.1, 0.15) is 18.8 Å². The summed E-state index contributed by atoms with van der Waals surface area (Å²) in [6.07, 6.45) is 0.384. The number of aliphatic imine (C=N–C) groups is 1. The second-order valence-electron chi connectivity index (χ2n) is 9.13. The third-order valence-electron chi connectivity index (χ3n) is 6.36. The third kappa shape index (κ3) is 5.70. The number of hydrogen-bond donors (Lipinski definition) is 2. The molecule has 0 aromatic heterocycles. The molecule has 0 fully saturated rings. The maximum atomic E-state index is 13.0. The van der Waals surface area contributed by atoms with Gasteiger partial charge < -0.3 is 15.4 Å². The minimum Gasteiger partial charge on any atom is -0.449 e. The number of ether oxygens (including phenoxy) is 1. The zero-order chi connectivity index (χ0) is 25.5. The van der Waals surface area contributed by atoms with E-state index in [-0.39, 0.29) is 18.4 Å². The van der Waals surface area contributed by atoms with Gasteiger partial charge in [-0.15, -0.1) is 0 Å². The number of rotatable bonds is 9. The van der Waals surface area contributed by atoms with Crippen molar-refractivity contribution < 1.29 is 19.1 Å². The zero-order valence-corrected chi connectivity index (χ0v) is 20.3. The van der Waals surface area contributed by atoms with Crippen molar-refractivity contribution in [1.82, 2.24) is 10.6 Å². The van der Waals surface area contributed by atoms with Gasteiger partial charge in [0.15, 0.2) is 0 Å².